The van der Waals surface area contributed by atoms with Crippen LogP contribution in [0.2, 0.25) is 5.15 Å². The topological polar surface area (TPSA) is 51.0 Å². The number of amides is 1. The first-order valence-electron chi connectivity index (χ1n) is 7.52. The molecule has 1 amide bonds. The number of rotatable bonds is 5. The zero-order valence-electron chi connectivity index (χ0n) is 13.4. The largest absolute Gasteiger partial charge is 0.311 e. The van der Waals surface area contributed by atoms with Gasteiger partial charge >= 0.3 is 0 Å². The number of carbonyl (C=O) groups is 1. The lowest BCUT2D eigenvalue weighted by atomic mass is 10.1. The molecule has 5 nitrogen and oxygen atoms in total. The number of aromatic nitrogens is 3. The summed E-state index contributed by atoms with van der Waals surface area (Å²) in [6.45, 7) is 1.93. The highest BCUT2D eigenvalue weighted by Gasteiger charge is 2.23. The Kier molecular flexibility index (Phi) is 4.97. The summed E-state index contributed by atoms with van der Waals surface area (Å²) >= 11 is 7.90. The van der Waals surface area contributed by atoms with Crippen LogP contribution in [0.4, 0.5) is 5.69 Å². The second kappa shape index (κ2) is 7.15. The maximum Gasteiger partial charge on any atom is 0.230 e. The van der Waals surface area contributed by atoms with Crippen molar-refractivity contribution >= 4 is 34.5 Å². The van der Waals surface area contributed by atoms with E-state index in [1.54, 1.807) is 46.6 Å². The van der Waals surface area contributed by atoms with Crippen molar-refractivity contribution in [1.82, 2.24) is 14.8 Å². The van der Waals surface area contributed by atoms with E-state index in [0.717, 1.165) is 12.1 Å². The van der Waals surface area contributed by atoms with Crippen molar-refractivity contribution in [3.05, 3.63) is 58.3 Å². The van der Waals surface area contributed by atoms with Gasteiger partial charge in [-0.25, -0.2) is 4.68 Å². The van der Waals surface area contributed by atoms with Crippen LogP contribution in [-0.2, 0) is 11.2 Å². The molecular weight excluding hydrogens is 344 g/mol. The van der Waals surface area contributed by atoms with E-state index >= 15 is 0 Å². The molecule has 1 atom stereocenters. The van der Waals surface area contributed by atoms with E-state index in [1.165, 1.54) is 4.88 Å². The maximum absolute atomic E-state index is 12.7. The molecule has 0 aromatic carbocycles. The second-order valence-corrected chi connectivity index (χ2v) is 6.93. The molecule has 7 heteroatoms. The van der Waals surface area contributed by atoms with E-state index in [4.69, 9.17) is 11.6 Å². The van der Waals surface area contributed by atoms with Crippen LogP contribution in [-0.4, -0.2) is 27.7 Å². The average Bonchev–Trinajstić information content (AvgIpc) is 3.24. The molecule has 0 bridgehead atoms. The van der Waals surface area contributed by atoms with Crippen LogP contribution >= 0.6 is 22.9 Å². The van der Waals surface area contributed by atoms with Crippen molar-refractivity contribution in [2.45, 2.75) is 13.3 Å². The Bertz CT molecular complexity index is 817. The van der Waals surface area contributed by atoms with Gasteiger partial charge in [-0.1, -0.05) is 24.6 Å². The van der Waals surface area contributed by atoms with Crippen molar-refractivity contribution in [3.8, 4) is 5.69 Å². The van der Waals surface area contributed by atoms with Crippen LogP contribution in [0.1, 0.15) is 11.8 Å². The average molecular weight is 361 g/mol. The fourth-order valence-electron chi connectivity index (χ4n) is 2.46. The van der Waals surface area contributed by atoms with Crippen LogP contribution in [0.3, 0.4) is 0 Å². The van der Waals surface area contributed by atoms with Gasteiger partial charge in [-0.15, -0.1) is 11.3 Å². The van der Waals surface area contributed by atoms with Gasteiger partial charge in [-0.05, 0) is 30.0 Å². The van der Waals surface area contributed by atoms with E-state index in [1.807, 2.05) is 36.6 Å². The number of nitrogens with zero attached hydrogens (tertiary/aromatic N) is 4. The van der Waals surface area contributed by atoms with Crippen molar-refractivity contribution in [2.75, 3.05) is 11.9 Å². The summed E-state index contributed by atoms with van der Waals surface area (Å²) in [5.41, 5.74) is 1.38. The van der Waals surface area contributed by atoms with Crippen LogP contribution < -0.4 is 4.90 Å². The van der Waals surface area contributed by atoms with Crippen LogP contribution in [0.5, 0.6) is 0 Å². The normalized spacial score (nSPS) is 12.1. The van der Waals surface area contributed by atoms with Gasteiger partial charge in [0, 0.05) is 24.0 Å². The standard InChI is InChI=1S/C17H17ClN4OS/c1-12(9-14-6-4-8-24-14)17(23)21(2)15-11-22(20-16(15)18)13-5-3-7-19-10-13/h3-8,10-12H,9H2,1-2H3. The Balaban J connectivity index is 1.78. The SMILES string of the molecule is CC(Cc1cccs1)C(=O)N(C)c1cn(-c2cccnc2)nc1Cl. The molecular formula is C17H17ClN4OS. The third-order valence-electron chi connectivity index (χ3n) is 3.76. The predicted octanol–water partition coefficient (Wildman–Crippen LogP) is 3.82. The Morgan fingerprint density at radius 2 is 2.25 bits per heavy atom. The fraction of sp³-hybridized carbons (Fsp3) is 0.235. The zero-order chi connectivity index (χ0) is 17.1. The first-order chi connectivity index (χ1) is 11.6. The molecule has 0 aliphatic heterocycles. The van der Waals surface area contributed by atoms with E-state index in [-0.39, 0.29) is 17.0 Å². The monoisotopic (exact) mass is 360 g/mol. The fourth-order valence-corrected chi connectivity index (χ4v) is 3.55. The molecule has 0 saturated heterocycles. The molecule has 1 unspecified atom stereocenters. The molecule has 3 heterocycles. The van der Waals surface area contributed by atoms with Gasteiger partial charge in [0.25, 0.3) is 0 Å². The molecule has 0 radical (unpaired) electrons. The summed E-state index contributed by atoms with van der Waals surface area (Å²) in [6.07, 6.45) is 5.84. The molecule has 124 valence electrons. The first-order valence-corrected chi connectivity index (χ1v) is 8.77. The van der Waals surface area contributed by atoms with Crippen molar-refractivity contribution in [3.63, 3.8) is 0 Å². The highest BCUT2D eigenvalue weighted by atomic mass is 35.5. The number of carbonyl (C=O) groups excluding carboxylic acids is 1. The second-order valence-electron chi connectivity index (χ2n) is 5.54. The zero-order valence-corrected chi connectivity index (χ0v) is 15.0. The summed E-state index contributed by atoms with van der Waals surface area (Å²) in [5, 5.41) is 6.58. The van der Waals surface area contributed by atoms with E-state index in [9.17, 15) is 4.79 Å². The predicted molar refractivity (Wildman–Crippen MR) is 97.0 cm³/mol. The molecule has 0 fully saturated rings. The number of halogens is 1. The minimum absolute atomic E-state index is 0.0102. The molecule has 0 N–H and O–H groups in total. The lowest BCUT2D eigenvalue weighted by Gasteiger charge is -2.20. The van der Waals surface area contributed by atoms with Gasteiger partial charge < -0.3 is 4.90 Å². The van der Waals surface area contributed by atoms with Crippen molar-refractivity contribution in [1.29, 1.82) is 0 Å². The minimum Gasteiger partial charge on any atom is -0.311 e. The van der Waals surface area contributed by atoms with Gasteiger partial charge in [-0.3, -0.25) is 9.78 Å². The molecule has 0 saturated carbocycles. The molecule has 0 spiro atoms. The summed E-state index contributed by atoms with van der Waals surface area (Å²) in [4.78, 5) is 19.5. The summed E-state index contributed by atoms with van der Waals surface area (Å²) in [6, 6.07) is 7.74. The minimum atomic E-state index is -0.133. The lowest BCUT2D eigenvalue weighted by Crippen LogP contribution is -2.32. The van der Waals surface area contributed by atoms with E-state index in [2.05, 4.69) is 10.1 Å². The molecule has 24 heavy (non-hydrogen) atoms. The molecule has 0 aliphatic rings. The number of thiophene rings is 1. The number of hydrogen-bond donors (Lipinski definition) is 0. The molecule has 3 aromatic heterocycles. The smallest absolute Gasteiger partial charge is 0.230 e. The first kappa shape index (κ1) is 16.7. The number of hydrogen-bond acceptors (Lipinski definition) is 4. The maximum atomic E-state index is 12.7. The third kappa shape index (κ3) is 3.49. The van der Waals surface area contributed by atoms with Crippen LogP contribution in [0.15, 0.2) is 48.2 Å². The molecule has 3 rings (SSSR count). The van der Waals surface area contributed by atoms with Gasteiger partial charge in [0.05, 0.1) is 18.1 Å². The van der Waals surface area contributed by atoms with Crippen LogP contribution in [0.25, 0.3) is 5.69 Å². The van der Waals surface area contributed by atoms with Crippen molar-refractivity contribution in [2.24, 2.45) is 5.92 Å². The number of anilines is 1. The van der Waals surface area contributed by atoms with Gasteiger partial charge in [-0.2, -0.15) is 5.10 Å². The highest BCUT2D eigenvalue weighted by molar-refractivity contribution is 7.09. The van der Waals surface area contributed by atoms with Crippen LogP contribution in [0, 0.1) is 5.92 Å². The van der Waals surface area contributed by atoms with E-state index < -0.39 is 0 Å². The Hall–Kier alpha value is -2.18. The summed E-state index contributed by atoms with van der Waals surface area (Å²) in [5.74, 6) is -0.123. The van der Waals surface area contributed by atoms with Gasteiger partial charge in [0.1, 0.15) is 5.69 Å². The summed E-state index contributed by atoms with van der Waals surface area (Å²) in [7, 11) is 1.73. The summed E-state index contributed by atoms with van der Waals surface area (Å²) < 4.78 is 1.62. The van der Waals surface area contributed by atoms with Crippen molar-refractivity contribution < 1.29 is 4.79 Å². The Labute approximate surface area is 149 Å². The van der Waals surface area contributed by atoms with Gasteiger partial charge in [0.2, 0.25) is 5.91 Å². The Morgan fingerprint density at radius 3 is 2.92 bits per heavy atom. The third-order valence-corrected chi connectivity index (χ3v) is 4.93. The molecule has 0 aliphatic carbocycles. The quantitative estimate of drug-likeness (QED) is 0.695. The highest BCUT2D eigenvalue weighted by Crippen LogP contribution is 2.27. The lowest BCUT2D eigenvalue weighted by molar-refractivity contribution is -0.121. The number of pyridine rings is 1. The Morgan fingerprint density at radius 1 is 1.42 bits per heavy atom. The van der Waals surface area contributed by atoms with E-state index in [0.29, 0.717) is 5.69 Å². The van der Waals surface area contributed by atoms with Gasteiger partial charge in [0.15, 0.2) is 5.15 Å². The molecule has 3 aromatic rings.